The molecule has 16 nitrogen and oxygen atoms in total. The molecular weight excluding hydrogens is 820 g/mol. The molecule has 6 N–H and O–H groups in total. The zero-order valence-electron chi connectivity index (χ0n) is 35.1. The number of carboxylic acid groups (broad SMARTS) is 2. The molecule has 0 aliphatic heterocycles. The van der Waals surface area contributed by atoms with Gasteiger partial charge in [-0.05, 0) is 49.7 Å². The van der Waals surface area contributed by atoms with Crippen LogP contribution < -0.4 is 42.8 Å². The summed E-state index contributed by atoms with van der Waals surface area (Å²) in [4.78, 5) is 70.8. The number of aliphatic carboxylic acids is 2. The van der Waals surface area contributed by atoms with Crippen molar-refractivity contribution in [2.45, 2.75) is 99.4 Å². The molecule has 62 heavy (non-hydrogen) atoms. The summed E-state index contributed by atoms with van der Waals surface area (Å²) in [5.74, 6) is -3.59. The third-order valence-electron chi connectivity index (χ3n) is 8.93. The van der Waals surface area contributed by atoms with Gasteiger partial charge in [0.25, 0.3) is 25.3 Å². The predicted molar refractivity (Wildman–Crippen MR) is 226 cm³/mol. The van der Waals surface area contributed by atoms with Crippen LogP contribution in [0, 0.1) is 11.8 Å². The number of amides is 4. The maximum Gasteiger partial charge on any atom is 0.412 e. The van der Waals surface area contributed by atoms with Crippen LogP contribution in [0.4, 0.5) is 9.59 Å². The fraction of sp³-hybridized carbons (Fsp3) is 0.378. The van der Waals surface area contributed by atoms with Crippen molar-refractivity contribution < 1.29 is 70.0 Å². The molecule has 0 aliphatic rings. The second kappa shape index (κ2) is 27.3. The molecule has 0 fully saturated rings. The second-order valence-electron chi connectivity index (χ2n) is 14.9. The van der Waals surface area contributed by atoms with E-state index in [0.29, 0.717) is 24.0 Å². The van der Waals surface area contributed by atoms with Gasteiger partial charge in [-0.2, -0.15) is 9.13 Å². The van der Waals surface area contributed by atoms with E-state index in [1.54, 1.807) is 61.6 Å². The summed E-state index contributed by atoms with van der Waals surface area (Å²) in [6.45, 7) is 10.7. The van der Waals surface area contributed by atoms with Gasteiger partial charge in [-0.3, -0.25) is 9.59 Å². The van der Waals surface area contributed by atoms with Gasteiger partial charge >= 0.3 is 24.1 Å². The van der Waals surface area contributed by atoms with Crippen molar-refractivity contribution >= 4 is 35.9 Å². The molecule has 2 aromatic carbocycles. The molecule has 2 aromatic heterocycles. The van der Waals surface area contributed by atoms with Crippen LogP contribution in [-0.4, -0.2) is 70.3 Å². The number of benzene rings is 2. The van der Waals surface area contributed by atoms with Gasteiger partial charge < -0.3 is 53.4 Å². The van der Waals surface area contributed by atoms with Gasteiger partial charge in [0.2, 0.25) is 0 Å². The highest BCUT2D eigenvalue weighted by molar-refractivity contribution is 5.97. The zero-order chi connectivity index (χ0) is 44.2. The second-order valence-corrected chi connectivity index (χ2v) is 14.9. The molecule has 4 aromatic rings. The molecule has 0 radical (unpaired) electrons. The maximum absolute atomic E-state index is 12.2. The van der Waals surface area contributed by atoms with Crippen molar-refractivity contribution in [2.75, 3.05) is 0 Å². The third kappa shape index (κ3) is 19.2. The van der Waals surface area contributed by atoms with Crippen LogP contribution in [0.25, 0.3) is 0 Å². The standard InChI is InChI=1S/2C22H27N3O5.CH4.ClH/c2*1-15(2)19(21(27)28)24-20(26)18-9-11-25(12-10-18)14-30-22(29)23-16(3)13-17-7-5-4-6-8-17;;/h2*4-12,15-16,19H,13-14H2,1-3H3,(H2-,23,24,26,27,28,29);1H4;1H/p+1/t2*16-,19-;;/m00../s1. The number of carbonyl (C=O) groups excluding carboxylic acids is 4. The molecule has 0 saturated carbocycles. The highest BCUT2D eigenvalue weighted by Gasteiger charge is 2.25. The highest BCUT2D eigenvalue weighted by Crippen LogP contribution is 2.07. The summed E-state index contributed by atoms with van der Waals surface area (Å²) in [7, 11) is 0. The summed E-state index contributed by atoms with van der Waals surface area (Å²) in [5.41, 5.74) is 2.88. The number of hydrogen-bond acceptors (Lipinski definition) is 8. The van der Waals surface area contributed by atoms with Gasteiger partial charge in [-0.25, -0.2) is 19.2 Å². The SMILES string of the molecule is C.CC(C)[C@H](NC(=O)c1cc[n+](COC(=O)N[C@@H](C)Cc2ccccc2)cc1)C(=O)O.CC(C)[C@H](NC(=O)c1cc[n+](COC(=O)N[C@@H](C)Cc2ccccc2)cc1)C(=O)O.[Cl-]. The Balaban J connectivity index is 0.000000601. The highest BCUT2D eigenvalue weighted by atomic mass is 35.5. The Bertz CT molecular complexity index is 1860. The van der Waals surface area contributed by atoms with Crippen molar-refractivity contribution in [3.8, 4) is 0 Å². The van der Waals surface area contributed by atoms with E-state index in [0.717, 1.165) is 11.1 Å². The van der Waals surface area contributed by atoms with Crippen LogP contribution in [0.15, 0.2) is 110 Å². The van der Waals surface area contributed by atoms with Crippen LogP contribution in [0.5, 0.6) is 0 Å². The minimum atomic E-state index is -1.08. The van der Waals surface area contributed by atoms with Crippen molar-refractivity contribution in [2.24, 2.45) is 11.8 Å². The van der Waals surface area contributed by atoms with Crippen LogP contribution in [0.3, 0.4) is 0 Å². The number of hydrogen-bond donors (Lipinski definition) is 6. The molecule has 0 unspecified atom stereocenters. The first kappa shape index (κ1) is 53.5. The van der Waals surface area contributed by atoms with Crippen LogP contribution in [0.1, 0.15) is 80.8 Å². The van der Waals surface area contributed by atoms with Crippen LogP contribution >= 0.6 is 0 Å². The number of pyridine rings is 2. The number of alkyl carbamates (subject to hydrolysis) is 2. The molecule has 4 rings (SSSR count). The number of carboxylic acids is 2. The molecule has 17 heteroatoms. The van der Waals surface area contributed by atoms with Gasteiger partial charge in [0, 0.05) is 36.3 Å². The Labute approximate surface area is 369 Å². The molecule has 4 amide bonds. The van der Waals surface area contributed by atoms with Crippen molar-refractivity contribution in [1.29, 1.82) is 0 Å². The van der Waals surface area contributed by atoms with E-state index in [4.69, 9.17) is 9.47 Å². The van der Waals surface area contributed by atoms with E-state index in [1.807, 2.05) is 74.5 Å². The van der Waals surface area contributed by atoms with Gasteiger partial charge in [-0.15, -0.1) is 0 Å². The van der Waals surface area contributed by atoms with Gasteiger partial charge in [0.05, 0.1) is 11.1 Å². The lowest BCUT2D eigenvalue weighted by Gasteiger charge is -2.17. The predicted octanol–water partition coefficient (Wildman–Crippen LogP) is 1.90. The summed E-state index contributed by atoms with van der Waals surface area (Å²) in [6.07, 6.45) is 6.66. The average molecular weight is 880 g/mol. The Morgan fingerprint density at radius 1 is 0.516 bits per heavy atom. The average Bonchev–Trinajstić information content (AvgIpc) is 3.21. The normalized spacial score (nSPS) is 12.3. The lowest BCUT2D eigenvalue weighted by atomic mass is 10.0. The van der Waals surface area contributed by atoms with Crippen LogP contribution in [-0.2, 0) is 45.4 Å². The zero-order valence-corrected chi connectivity index (χ0v) is 35.9. The molecule has 336 valence electrons. The van der Waals surface area contributed by atoms with Gasteiger partial charge in [-0.1, -0.05) is 95.8 Å². The van der Waals surface area contributed by atoms with E-state index < -0.39 is 48.0 Å². The molecule has 0 aliphatic carbocycles. The van der Waals surface area contributed by atoms with E-state index >= 15 is 0 Å². The maximum atomic E-state index is 12.2. The topological polar surface area (TPSA) is 217 Å². The van der Waals surface area contributed by atoms with Crippen molar-refractivity contribution in [3.63, 3.8) is 0 Å². The Morgan fingerprint density at radius 2 is 0.823 bits per heavy atom. The van der Waals surface area contributed by atoms with E-state index in [9.17, 15) is 39.0 Å². The third-order valence-corrected chi connectivity index (χ3v) is 8.93. The van der Waals surface area contributed by atoms with Crippen molar-refractivity contribution in [1.82, 2.24) is 21.3 Å². The number of aromatic nitrogens is 2. The number of nitrogens with one attached hydrogen (secondary N) is 4. The summed E-state index contributed by atoms with van der Waals surface area (Å²) < 4.78 is 13.6. The lowest BCUT2D eigenvalue weighted by Crippen LogP contribution is -3.00. The minimum absolute atomic E-state index is 0. The first-order valence-electron chi connectivity index (χ1n) is 19.5. The fourth-order valence-corrected chi connectivity index (χ4v) is 5.66. The molecule has 0 bridgehead atoms. The van der Waals surface area contributed by atoms with Crippen molar-refractivity contribution in [3.05, 3.63) is 132 Å². The molecule has 4 atom stereocenters. The first-order valence-corrected chi connectivity index (χ1v) is 19.5. The minimum Gasteiger partial charge on any atom is -1.00 e. The first-order chi connectivity index (χ1) is 28.5. The van der Waals surface area contributed by atoms with E-state index in [1.165, 1.54) is 24.3 Å². The Morgan fingerprint density at radius 3 is 1.10 bits per heavy atom. The Hall–Kier alpha value is -6.55. The Kier molecular flexibility index (Phi) is 23.6. The lowest BCUT2D eigenvalue weighted by molar-refractivity contribution is -0.727. The number of rotatable bonds is 18. The number of ether oxygens (including phenoxy) is 2. The number of halogens is 1. The van der Waals surface area contributed by atoms with E-state index in [2.05, 4.69) is 21.3 Å². The summed E-state index contributed by atoms with van der Waals surface area (Å²) in [6, 6.07) is 23.7. The van der Waals surface area contributed by atoms with E-state index in [-0.39, 0.29) is 57.2 Å². The monoisotopic (exact) mass is 879 g/mol. The number of carbonyl (C=O) groups is 6. The quantitative estimate of drug-likeness (QED) is 0.0799. The molecule has 2 heterocycles. The van der Waals surface area contributed by atoms with Crippen LogP contribution in [0.2, 0.25) is 0 Å². The smallest absolute Gasteiger partial charge is 0.412 e. The largest absolute Gasteiger partial charge is 1.00 e. The molecule has 0 saturated heterocycles. The van der Waals surface area contributed by atoms with Gasteiger partial charge in [0.1, 0.15) is 12.1 Å². The molecule has 0 spiro atoms. The van der Waals surface area contributed by atoms with Gasteiger partial charge in [0.15, 0.2) is 24.8 Å². The molecular formula is C45H60ClN6O10+. The summed E-state index contributed by atoms with van der Waals surface area (Å²) >= 11 is 0. The number of nitrogens with zero attached hydrogens (tertiary/aromatic N) is 2. The fourth-order valence-electron chi connectivity index (χ4n) is 5.66. The summed E-state index contributed by atoms with van der Waals surface area (Å²) in [5, 5.41) is 28.9.